The maximum Gasteiger partial charge on any atom is 0.169 e. The van der Waals surface area contributed by atoms with Gasteiger partial charge in [-0.2, -0.15) is 0 Å². The second kappa shape index (κ2) is 12.3. The molecule has 0 saturated carbocycles. The number of thiophene rings is 2. The molecule has 0 N–H and O–H groups in total. The Bertz CT molecular complexity index is 1560. The number of thioether (sulfide) groups is 1. The van der Waals surface area contributed by atoms with Crippen molar-refractivity contribution in [3.8, 4) is 20.9 Å². The van der Waals surface area contributed by atoms with E-state index in [2.05, 4.69) is 60.7 Å². The van der Waals surface area contributed by atoms with Gasteiger partial charge in [0.25, 0.3) is 0 Å². The SMILES string of the molecule is CC(=O)c1ccc(-c2ccc(C(=CCSc3cccc(Cl)c3)c3ccc(-c4ccc(C(C)=O)s4)cc3)cc2)s1. The van der Waals surface area contributed by atoms with Gasteiger partial charge < -0.3 is 0 Å². The molecular weight excluding hydrogens is 560 g/mol. The quantitative estimate of drug-likeness (QED) is 0.128. The van der Waals surface area contributed by atoms with Crippen LogP contribution in [0.4, 0.5) is 0 Å². The highest BCUT2D eigenvalue weighted by Gasteiger charge is 2.11. The molecule has 0 aliphatic carbocycles. The van der Waals surface area contributed by atoms with E-state index in [9.17, 15) is 9.59 Å². The summed E-state index contributed by atoms with van der Waals surface area (Å²) in [5, 5.41) is 0.735. The van der Waals surface area contributed by atoms with Gasteiger partial charge in [-0.25, -0.2) is 0 Å². The first-order valence-corrected chi connectivity index (χ1v) is 15.4. The molecule has 6 heteroatoms. The van der Waals surface area contributed by atoms with Crippen molar-refractivity contribution in [3.63, 3.8) is 0 Å². The number of ketones is 2. The van der Waals surface area contributed by atoms with Gasteiger partial charge in [-0.1, -0.05) is 72.3 Å². The maximum atomic E-state index is 11.7. The summed E-state index contributed by atoms with van der Waals surface area (Å²) in [5.41, 5.74) is 5.58. The second-order valence-corrected chi connectivity index (χ2v) is 12.7. The predicted octanol–water partition coefficient (Wildman–Crippen LogP) is 10.4. The van der Waals surface area contributed by atoms with E-state index in [0.717, 1.165) is 63.0 Å². The molecule has 0 bridgehead atoms. The zero-order valence-corrected chi connectivity index (χ0v) is 24.6. The number of hydrogen-bond acceptors (Lipinski definition) is 5. The number of hydrogen-bond donors (Lipinski definition) is 0. The molecule has 0 fully saturated rings. The summed E-state index contributed by atoms with van der Waals surface area (Å²) in [5.74, 6) is 0.974. The molecule has 2 aromatic heterocycles. The van der Waals surface area contributed by atoms with Gasteiger partial charge in [-0.15, -0.1) is 34.4 Å². The predicted molar refractivity (Wildman–Crippen MR) is 169 cm³/mol. The van der Waals surface area contributed by atoms with E-state index in [1.807, 2.05) is 42.5 Å². The first-order valence-electron chi connectivity index (χ1n) is 12.4. The molecule has 0 radical (unpaired) electrons. The fourth-order valence-electron chi connectivity index (χ4n) is 4.17. The third-order valence-electron chi connectivity index (χ3n) is 6.20. The van der Waals surface area contributed by atoms with Gasteiger partial charge in [-0.3, -0.25) is 9.59 Å². The van der Waals surface area contributed by atoms with Crippen LogP contribution in [0.25, 0.3) is 26.5 Å². The lowest BCUT2D eigenvalue weighted by Crippen LogP contribution is -1.90. The number of carbonyl (C=O) groups excluding carboxylic acids is 2. The lowest BCUT2D eigenvalue weighted by Gasteiger charge is -2.11. The molecule has 0 spiro atoms. The maximum absolute atomic E-state index is 11.7. The molecule has 2 nitrogen and oxygen atoms in total. The van der Waals surface area contributed by atoms with E-state index in [1.165, 1.54) is 22.7 Å². The van der Waals surface area contributed by atoms with Crippen molar-refractivity contribution >= 4 is 63.2 Å². The van der Waals surface area contributed by atoms with Crippen LogP contribution in [0.1, 0.15) is 44.3 Å². The van der Waals surface area contributed by atoms with Crippen LogP contribution >= 0.6 is 46.0 Å². The van der Waals surface area contributed by atoms with Crippen LogP contribution in [0.2, 0.25) is 5.02 Å². The highest BCUT2D eigenvalue weighted by atomic mass is 35.5. The summed E-state index contributed by atoms with van der Waals surface area (Å²) in [6, 6.07) is 32.8. The Labute approximate surface area is 246 Å². The average molecular weight is 585 g/mol. The van der Waals surface area contributed by atoms with Gasteiger partial charge in [0, 0.05) is 25.4 Å². The van der Waals surface area contributed by atoms with Crippen molar-refractivity contribution in [2.24, 2.45) is 0 Å². The normalized spacial score (nSPS) is 10.8. The topological polar surface area (TPSA) is 34.1 Å². The summed E-state index contributed by atoms with van der Waals surface area (Å²) < 4.78 is 0. The van der Waals surface area contributed by atoms with E-state index in [-0.39, 0.29) is 11.6 Å². The first-order chi connectivity index (χ1) is 18.9. The van der Waals surface area contributed by atoms with Gasteiger partial charge in [0.2, 0.25) is 0 Å². The highest BCUT2D eigenvalue weighted by Crippen LogP contribution is 2.34. The van der Waals surface area contributed by atoms with E-state index >= 15 is 0 Å². The molecule has 5 rings (SSSR count). The van der Waals surface area contributed by atoms with Gasteiger partial charge in [-0.05, 0) is 84.1 Å². The number of rotatable bonds is 9. The lowest BCUT2D eigenvalue weighted by atomic mass is 9.95. The van der Waals surface area contributed by atoms with Crippen LogP contribution in [-0.4, -0.2) is 17.3 Å². The molecule has 194 valence electrons. The minimum atomic E-state index is 0.0915. The molecule has 2 heterocycles. The number of benzene rings is 3. The monoisotopic (exact) mass is 584 g/mol. The van der Waals surface area contributed by atoms with Crippen molar-refractivity contribution in [1.82, 2.24) is 0 Å². The minimum Gasteiger partial charge on any atom is -0.294 e. The molecule has 0 aliphatic heterocycles. The van der Waals surface area contributed by atoms with Crippen molar-refractivity contribution in [2.45, 2.75) is 18.7 Å². The summed E-state index contributed by atoms with van der Waals surface area (Å²) in [6.45, 7) is 3.20. The third kappa shape index (κ3) is 6.68. The van der Waals surface area contributed by atoms with Crippen LogP contribution in [0.3, 0.4) is 0 Å². The standard InChI is InChI=1S/C33H25ClO2S3/c1-21(35)30-14-16-32(38-30)25-10-6-23(7-11-25)29(18-19-37-28-5-3-4-27(34)20-28)24-8-12-26(13-9-24)33-17-15-31(39-33)22(2)36/h3-18,20H,19H2,1-2H3. The number of Topliss-reactive ketones (excluding diaryl/α,β-unsaturated/α-hetero) is 2. The Morgan fingerprint density at radius 2 is 1.23 bits per heavy atom. The molecule has 0 saturated heterocycles. The second-order valence-electron chi connectivity index (χ2n) is 8.98. The average Bonchev–Trinajstić information content (AvgIpc) is 3.63. The Hall–Kier alpha value is -3.22. The van der Waals surface area contributed by atoms with Gasteiger partial charge in [0.05, 0.1) is 9.75 Å². The van der Waals surface area contributed by atoms with Crippen molar-refractivity contribution in [3.05, 3.63) is 129 Å². The Kier molecular flexibility index (Phi) is 8.63. The summed E-state index contributed by atoms with van der Waals surface area (Å²) in [6.07, 6.45) is 2.26. The van der Waals surface area contributed by atoms with Crippen LogP contribution in [0.5, 0.6) is 0 Å². The largest absolute Gasteiger partial charge is 0.294 e. The summed E-state index contributed by atoms with van der Waals surface area (Å²) in [4.78, 5) is 28.3. The van der Waals surface area contributed by atoms with Crippen molar-refractivity contribution < 1.29 is 9.59 Å². The van der Waals surface area contributed by atoms with Gasteiger partial charge >= 0.3 is 0 Å². The summed E-state index contributed by atoms with van der Waals surface area (Å²) in [7, 11) is 0. The molecule has 5 aromatic rings. The van der Waals surface area contributed by atoms with E-state index in [0.29, 0.717) is 0 Å². The molecule has 0 aliphatic rings. The molecule has 0 unspecified atom stereocenters. The van der Waals surface area contributed by atoms with E-state index in [1.54, 1.807) is 25.6 Å². The van der Waals surface area contributed by atoms with E-state index < -0.39 is 0 Å². The van der Waals surface area contributed by atoms with Crippen LogP contribution in [-0.2, 0) is 0 Å². The minimum absolute atomic E-state index is 0.0915. The Balaban J connectivity index is 1.44. The third-order valence-corrected chi connectivity index (χ3v) is 9.83. The fraction of sp³-hybridized carbons (Fsp3) is 0.0909. The Morgan fingerprint density at radius 3 is 1.67 bits per heavy atom. The number of halogens is 1. The lowest BCUT2D eigenvalue weighted by molar-refractivity contribution is 0.101. The smallest absolute Gasteiger partial charge is 0.169 e. The van der Waals surface area contributed by atoms with Crippen LogP contribution in [0, 0.1) is 0 Å². The molecule has 0 amide bonds. The Morgan fingerprint density at radius 1 is 0.718 bits per heavy atom. The van der Waals surface area contributed by atoms with Crippen LogP contribution < -0.4 is 0 Å². The number of carbonyl (C=O) groups is 2. The molecule has 3 aromatic carbocycles. The van der Waals surface area contributed by atoms with Crippen molar-refractivity contribution in [1.29, 1.82) is 0 Å². The zero-order chi connectivity index (χ0) is 27.4. The van der Waals surface area contributed by atoms with Gasteiger partial charge in [0.15, 0.2) is 11.6 Å². The zero-order valence-electron chi connectivity index (χ0n) is 21.4. The van der Waals surface area contributed by atoms with Crippen LogP contribution in [0.15, 0.2) is 108 Å². The molecular formula is C33H25ClO2S3. The molecule has 39 heavy (non-hydrogen) atoms. The van der Waals surface area contributed by atoms with E-state index in [4.69, 9.17) is 11.6 Å². The van der Waals surface area contributed by atoms with Crippen molar-refractivity contribution in [2.75, 3.05) is 5.75 Å². The van der Waals surface area contributed by atoms with Gasteiger partial charge in [0.1, 0.15) is 0 Å². The fourth-order valence-corrected chi connectivity index (χ4v) is 7.07. The molecule has 0 atom stereocenters. The highest BCUT2D eigenvalue weighted by molar-refractivity contribution is 7.99. The summed E-state index contributed by atoms with van der Waals surface area (Å²) >= 11 is 11.0. The first kappa shape index (κ1) is 27.4.